The summed E-state index contributed by atoms with van der Waals surface area (Å²) in [5.41, 5.74) is -0.148. The van der Waals surface area contributed by atoms with Gasteiger partial charge in [0.15, 0.2) is 0 Å². The molecule has 1 atom stereocenters. The molecule has 1 aliphatic rings. The van der Waals surface area contributed by atoms with Gasteiger partial charge in [0.25, 0.3) is 0 Å². The lowest BCUT2D eigenvalue weighted by Crippen LogP contribution is -2.43. The quantitative estimate of drug-likeness (QED) is 0.797. The van der Waals surface area contributed by atoms with Gasteiger partial charge in [-0.1, -0.05) is 6.92 Å². The highest BCUT2D eigenvalue weighted by molar-refractivity contribution is 5.38. The van der Waals surface area contributed by atoms with Gasteiger partial charge in [-0.25, -0.2) is 0 Å². The van der Waals surface area contributed by atoms with Crippen molar-refractivity contribution in [2.75, 3.05) is 37.0 Å². The lowest BCUT2D eigenvalue weighted by Gasteiger charge is -2.34. The molecule has 1 aromatic heterocycles. The van der Waals surface area contributed by atoms with E-state index in [1.165, 1.54) is 0 Å². The molecule has 1 aromatic rings. The van der Waals surface area contributed by atoms with Gasteiger partial charge < -0.3 is 20.1 Å². The summed E-state index contributed by atoms with van der Waals surface area (Å²) >= 11 is 0. The summed E-state index contributed by atoms with van der Waals surface area (Å²) in [5, 5.41) is 6.47. The summed E-state index contributed by atoms with van der Waals surface area (Å²) < 4.78 is 11.1. The van der Waals surface area contributed by atoms with Gasteiger partial charge in [0.2, 0.25) is 11.9 Å². The van der Waals surface area contributed by atoms with E-state index in [2.05, 4.69) is 32.5 Å². The lowest BCUT2D eigenvalue weighted by atomic mass is 9.95. The van der Waals surface area contributed by atoms with Crippen molar-refractivity contribution in [2.24, 2.45) is 0 Å². The molecule has 0 saturated carbocycles. The Labute approximate surface area is 125 Å². The van der Waals surface area contributed by atoms with Crippen LogP contribution in [0, 0.1) is 0 Å². The fourth-order valence-corrected chi connectivity index (χ4v) is 2.21. The zero-order chi connectivity index (χ0) is 15.1. The second kappa shape index (κ2) is 7.40. The maximum Gasteiger partial charge on any atom is 0.323 e. The fraction of sp³-hybridized carbons (Fsp3) is 0.786. The normalized spacial score (nSPS) is 21.9. The number of nitrogens with zero attached hydrogens (tertiary/aromatic N) is 3. The van der Waals surface area contributed by atoms with Gasteiger partial charge >= 0.3 is 6.01 Å². The van der Waals surface area contributed by atoms with Gasteiger partial charge in [-0.05, 0) is 33.1 Å². The lowest BCUT2D eigenvalue weighted by molar-refractivity contribution is 0.0537. The fourth-order valence-electron chi connectivity index (χ4n) is 2.21. The molecule has 0 aromatic carbocycles. The summed E-state index contributed by atoms with van der Waals surface area (Å²) in [6.45, 7) is 8.98. The first-order chi connectivity index (χ1) is 10.1. The Morgan fingerprint density at radius 3 is 2.71 bits per heavy atom. The molecular weight excluding hydrogens is 270 g/mol. The average molecular weight is 295 g/mol. The number of rotatable bonds is 7. The molecule has 1 fully saturated rings. The van der Waals surface area contributed by atoms with Crippen LogP contribution in [-0.4, -0.2) is 46.9 Å². The van der Waals surface area contributed by atoms with E-state index in [9.17, 15) is 0 Å². The predicted octanol–water partition coefficient (Wildman–Crippen LogP) is 2.07. The van der Waals surface area contributed by atoms with Gasteiger partial charge in [0, 0.05) is 13.2 Å². The first-order valence-corrected chi connectivity index (χ1v) is 7.64. The summed E-state index contributed by atoms with van der Waals surface area (Å²) in [6.07, 6.45) is 2.98. The Morgan fingerprint density at radius 1 is 1.24 bits per heavy atom. The average Bonchev–Trinajstić information content (AvgIpc) is 2.45. The van der Waals surface area contributed by atoms with Crippen LogP contribution in [0.1, 0.15) is 40.0 Å². The zero-order valence-electron chi connectivity index (χ0n) is 13.1. The number of hydrogen-bond donors (Lipinski definition) is 2. The third-order valence-corrected chi connectivity index (χ3v) is 3.24. The molecule has 1 unspecified atom stereocenters. The molecule has 0 aliphatic carbocycles. The van der Waals surface area contributed by atoms with Crippen molar-refractivity contribution >= 4 is 11.9 Å². The monoisotopic (exact) mass is 295 g/mol. The van der Waals surface area contributed by atoms with Crippen molar-refractivity contribution in [1.29, 1.82) is 0 Å². The minimum absolute atomic E-state index is 0.148. The van der Waals surface area contributed by atoms with Crippen LogP contribution in [0.15, 0.2) is 0 Å². The van der Waals surface area contributed by atoms with Crippen LogP contribution in [0.4, 0.5) is 11.9 Å². The minimum Gasteiger partial charge on any atom is -0.463 e. The standard InChI is InChI=1S/C14H25N5O2/c1-4-8-21-13-17-11(15-5-2)16-12(18-13)19-14(3)7-6-9-20-10-14/h4-10H2,1-3H3,(H2,15,16,17,18,19). The first kappa shape index (κ1) is 15.8. The largest absolute Gasteiger partial charge is 0.463 e. The van der Waals surface area contributed by atoms with Crippen LogP contribution in [0.5, 0.6) is 6.01 Å². The Bertz CT molecular complexity index is 449. The summed E-state index contributed by atoms with van der Waals surface area (Å²) in [4.78, 5) is 13.0. The number of ether oxygens (including phenoxy) is 2. The molecular formula is C14H25N5O2. The maximum absolute atomic E-state index is 5.55. The minimum atomic E-state index is -0.148. The van der Waals surface area contributed by atoms with E-state index in [1.807, 2.05) is 13.8 Å². The summed E-state index contributed by atoms with van der Waals surface area (Å²) in [5.74, 6) is 1.06. The molecule has 2 N–H and O–H groups in total. The Morgan fingerprint density at radius 2 is 2.05 bits per heavy atom. The van der Waals surface area contributed by atoms with Crippen molar-refractivity contribution in [2.45, 2.75) is 45.6 Å². The molecule has 21 heavy (non-hydrogen) atoms. The number of aromatic nitrogens is 3. The Hall–Kier alpha value is -1.63. The zero-order valence-corrected chi connectivity index (χ0v) is 13.1. The van der Waals surface area contributed by atoms with E-state index >= 15 is 0 Å². The number of nitrogens with one attached hydrogen (secondary N) is 2. The third kappa shape index (κ3) is 4.70. The molecule has 2 heterocycles. The SMILES string of the molecule is CCCOc1nc(NCC)nc(NC2(C)CCCOC2)n1. The van der Waals surface area contributed by atoms with Crippen LogP contribution >= 0.6 is 0 Å². The molecule has 1 aliphatic heterocycles. The molecule has 7 heteroatoms. The summed E-state index contributed by atoms with van der Waals surface area (Å²) in [6, 6.07) is 0.352. The second-order valence-electron chi connectivity index (χ2n) is 5.49. The molecule has 2 rings (SSSR count). The van der Waals surface area contributed by atoms with Crippen molar-refractivity contribution < 1.29 is 9.47 Å². The van der Waals surface area contributed by atoms with Gasteiger partial charge in [0.05, 0.1) is 18.8 Å². The Balaban J connectivity index is 2.14. The number of anilines is 2. The van der Waals surface area contributed by atoms with Crippen molar-refractivity contribution in [3.63, 3.8) is 0 Å². The van der Waals surface area contributed by atoms with Gasteiger partial charge in [0.1, 0.15) is 0 Å². The smallest absolute Gasteiger partial charge is 0.323 e. The summed E-state index contributed by atoms with van der Waals surface area (Å²) in [7, 11) is 0. The van der Waals surface area contributed by atoms with Crippen molar-refractivity contribution in [3.05, 3.63) is 0 Å². The highest BCUT2D eigenvalue weighted by Crippen LogP contribution is 2.23. The van der Waals surface area contributed by atoms with Crippen LogP contribution < -0.4 is 15.4 Å². The molecule has 0 bridgehead atoms. The van der Waals surface area contributed by atoms with Gasteiger partial charge in [-0.3, -0.25) is 0 Å². The van der Waals surface area contributed by atoms with E-state index in [1.54, 1.807) is 0 Å². The number of hydrogen-bond acceptors (Lipinski definition) is 7. The van der Waals surface area contributed by atoms with Crippen molar-refractivity contribution in [1.82, 2.24) is 15.0 Å². The van der Waals surface area contributed by atoms with E-state index in [0.29, 0.717) is 31.1 Å². The third-order valence-electron chi connectivity index (χ3n) is 3.24. The van der Waals surface area contributed by atoms with Crippen molar-refractivity contribution in [3.8, 4) is 6.01 Å². The van der Waals surface area contributed by atoms with E-state index in [-0.39, 0.29) is 5.54 Å². The molecule has 1 saturated heterocycles. The molecule has 0 radical (unpaired) electrons. The topological polar surface area (TPSA) is 81.2 Å². The van der Waals surface area contributed by atoms with Crippen LogP contribution in [-0.2, 0) is 4.74 Å². The highest BCUT2D eigenvalue weighted by atomic mass is 16.5. The van der Waals surface area contributed by atoms with E-state index in [0.717, 1.165) is 32.4 Å². The highest BCUT2D eigenvalue weighted by Gasteiger charge is 2.28. The molecule has 7 nitrogen and oxygen atoms in total. The van der Waals surface area contributed by atoms with Crippen LogP contribution in [0.3, 0.4) is 0 Å². The molecule has 0 amide bonds. The maximum atomic E-state index is 5.55. The first-order valence-electron chi connectivity index (χ1n) is 7.64. The molecule has 118 valence electrons. The second-order valence-corrected chi connectivity index (χ2v) is 5.49. The molecule has 0 spiro atoms. The van der Waals surface area contributed by atoms with E-state index in [4.69, 9.17) is 9.47 Å². The van der Waals surface area contributed by atoms with E-state index < -0.39 is 0 Å². The van der Waals surface area contributed by atoms with Gasteiger partial charge in [-0.15, -0.1) is 0 Å². The van der Waals surface area contributed by atoms with Crippen LogP contribution in [0.25, 0.3) is 0 Å². The predicted molar refractivity (Wildman–Crippen MR) is 81.9 cm³/mol. The van der Waals surface area contributed by atoms with Gasteiger partial charge in [-0.2, -0.15) is 15.0 Å². The van der Waals surface area contributed by atoms with Crippen LogP contribution in [0.2, 0.25) is 0 Å². The Kier molecular flexibility index (Phi) is 5.55.